The average Bonchev–Trinajstić information content (AvgIpc) is 3.13. The highest BCUT2D eigenvalue weighted by atomic mass is 35.5. The molecule has 0 saturated heterocycles. The molecule has 2 N–H and O–H groups in total. The van der Waals surface area contributed by atoms with Crippen molar-refractivity contribution in [1.29, 1.82) is 0 Å². The summed E-state index contributed by atoms with van der Waals surface area (Å²) in [6, 6.07) is 15.1. The van der Waals surface area contributed by atoms with Crippen LogP contribution in [0.3, 0.4) is 0 Å². The maximum atomic E-state index is 12.9. The van der Waals surface area contributed by atoms with Gasteiger partial charge in [-0.2, -0.15) is 5.10 Å². The van der Waals surface area contributed by atoms with Crippen molar-refractivity contribution < 1.29 is 24.6 Å². The lowest BCUT2D eigenvalue weighted by atomic mass is 9.90. The van der Waals surface area contributed by atoms with Gasteiger partial charge in [-0.15, -0.1) is 0 Å². The number of halogens is 2. The highest BCUT2D eigenvalue weighted by molar-refractivity contribution is 6.31. The van der Waals surface area contributed by atoms with Gasteiger partial charge in [-0.3, -0.25) is 14.3 Å². The molecule has 0 aliphatic heterocycles. The summed E-state index contributed by atoms with van der Waals surface area (Å²) < 4.78 is 1.22. The maximum Gasteiger partial charge on any atom is 0.354 e. The van der Waals surface area contributed by atoms with Gasteiger partial charge in [0.2, 0.25) is 0 Å². The van der Waals surface area contributed by atoms with Crippen LogP contribution in [0, 0.1) is 5.92 Å². The lowest BCUT2D eigenvalue weighted by molar-refractivity contribution is -0.138. The van der Waals surface area contributed by atoms with Crippen molar-refractivity contribution in [3.63, 3.8) is 0 Å². The summed E-state index contributed by atoms with van der Waals surface area (Å²) in [5, 5.41) is 24.0. The lowest BCUT2D eigenvalue weighted by Gasteiger charge is -2.14. The summed E-state index contributed by atoms with van der Waals surface area (Å²) in [6.07, 6.45) is -0.0382. The number of carboxylic acids is 2. The van der Waals surface area contributed by atoms with E-state index in [1.165, 1.54) is 10.7 Å². The van der Waals surface area contributed by atoms with Crippen molar-refractivity contribution in [2.24, 2.45) is 5.92 Å². The second kappa shape index (κ2) is 10.4. The minimum absolute atomic E-state index is 0.0287. The zero-order chi connectivity index (χ0) is 23.3. The van der Waals surface area contributed by atoms with Crippen LogP contribution >= 0.6 is 23.2 Å². The van der Waals surface area contributed by atoms with Gasteiger partial charge in [0, 0.05) is 29.0 Å². The number of benzene rings is 2. The first kappa shape index (κ1) is 23.5. The molecule has 1 heterocycles. The molecule has 0 unspecified atom stereocenters. The Morgan fingerprint density at radius 1 is 0.969 bits per heavy atom. The van der Waals surface area contributed by atoms with Crippen molar-refractivity contribution in [2.45, 2.75) is 25.8 Å². The number of ketones is 1. The molecule has 7 nitrogen and oxygen atoms in total. The molecule has 3 aromatic rings. The topological polar surface area (TPSA) is 109 Å². The van der Waals surface area contributed by atoms with Crippen molar-refractivity contribution in [3.8, 4) is 0 Å². The SMILES string of the molecule is O=C(O)C[C@H](CC(=O)c1cc(C(=O)O)n(Cc2cccc(Cl)c2)n1)Cc1ccccc1Cl. The zero-order valence-electron chi connectivity index (χ0n) is 16.9. The summed E-state index contributed by atoms with van der Waals surface area (Å²) in [5.41, 5.74) is 1.30. The Kier molecular flexibility index (Phi) is 7.66. The minimum Gasteiger partial charge on any atom is -0.481 e. The predicted octanol–water partition coefficient (Wildman–Crippen LogP) is 4.84. The van der Waals surface area contributed by atoms with E-state index in [9.17, 15) is 24.6 Å². The van der Waals surface area contributed by atoms with Crippen molar-refractivity contribution >= 4 is 40.9 Å². The molecule has 0 aliphatic carbocycles. The monoisotopic (exact) mass is 474 g/mol. The number of aromatic carboxylic acids is 1. The molecule has 1 aromatic heterocycles. The molecule has 9 heteroatoms. The van der Waals surface area contributed by atoms with Gasteiger partial charge in [0.1, 0.15) is 11.4 Å². The molecule has 1 atom stereocenters. The zero-order valence-corrected chi connectivity index (χ0v) is 18.4. The smallest absolute Gasteiger partial charge is 0.354 e. The fraction of sp³-hybridized carbons (Fsp3) is 0.217. The highest BCUT2D eigenvalue weighted by Gasteiger charge is 2.24. The Morgan fingerprint density at radius 2 is 1.72 bits per heavy atom. The number of carbonyl (C=O) groups is 3. The van der Waals surface area contributed by atoms with Crippen molar-refractivity contribution in [3.05, 3.63) is 87.2 Å². The average molecular weight is 475 g/mol. The number of Topliss-reactive ketones (excluding diaryl/α,β-unsaturated/α-hetero) is 1. The Morgan fingerprint density at radius 3 is 2.38 bits per heavy atom. The first-order valence-electron chi connectivity index (χ1n) is 9.77. The largest absolute Gasteiger partial charge is 0.481 e. The number of aromatic nitrogens is 2. The molecule has 0 bridgehead atoms. The first-order valence-corrected chi connectivity index (χ1v) is 10.5. The molecule has 0 fully saturated rings. The summed E-state index contributed by atoms with van der Waals surface area (Å²) in [5.74, 6) is -3.22. The summed E-state index contributed by atoms with van der Waals surface area (Å²) in [7, 11) is 0. The number of hydrogen-bond donors (Lipinski definition) is 2. The third kappa shape index (κ3) is 6.18. The third-order valence-electron chi connectivity index (χ3n) is 4.91. The Balaban J connectivity index is 1.82. The molecule has 0 aliphatic rings. The Hall–Kier alpha value is -3.16. The van der Waals surface area contributed by atoms with E-state index in [0.717, 1.165) is 11.1 Å². The van der Waals surface area contributed by atoms with E-state index in [-0.39, 0.29) is 30.8 Å². The summed E-state index contributed by atoms with van der Waals surface area (Å²) in [4.78, 5) is 35.9. The van der Waals surface area contributed by atoms with Gasteiger partial charge in [0.15, 0.2) is 5.78 Å². The van der Waals surface area contributed by atoms with Crippen LogP contribution in [0.2, 0.25) is 10.0 Å². The van der Waals surface area contributed by atoms with E-state index >= 15 is 0 Å². The van der Waals surface area contributed by atoms with Crippen LogP contribution in [0.5, 0.6) is 0 Å². The van der Waals surface area contributed by atoms with Gasteiger partial charge in [-0.25, -0.2) is 4.79 Å². The van der Waals surface area contributed by atoms with Gasteiger partial charge in [-0.1, -0.05) is 53.5 Å². The second-order valence-corrected chi connectivity index (χ2v) is 8.24. The van der Waals surface area contributed by atoms with Crippen molar-refractivity contribution in [2.75, 3.05) is 0 Å². The number of aliphatic carboxylic acids is 1. The van der Waals surface area contributed by atoms with E-state index in [1.807, 2.05) is 0 Å². The van der Waals surface area contributed by atoms with Crippen LogP contribution in [0.1, 0.15) is 44.9 Å². The van der Waals surface area contributed by atoms with E-state index in [2.05, 4.69) is 5.10 Å². The van der Waals surface area contributed by atoms with Crippen LogP contribution in [-0.4, -0.2) is 37.7 Å². The molecule has 0 amide bonds. The number of nitrogens with zero attached hydrogens (tertiary/aromatic N) is 2. The lowest BCUT2D eigenvalue weighted by Crippen LogP contribution is -2.16. The molecular weight excluding hydrogens is 455 g/mol. The van der Waals surface area contributed by atoms with Gasteiger partial charge in [0.25, 0.3) is 0 Å². The second-order valence-electron chi connectivity index (χ2n) is 7.39. The molecular formula is C23H20Cl2N2O5. The fourth-order valence-corrected chi connectivity index (χ4v) is 3.88. The first-order chi connectivity index (χ1) is 15.2. The standard InChI is InChI=1S/C23H20Cl2N2O5/c24-17-6-3-4-14(9-17)13-27-20(23(31)32)12-19(26-27)21(28)10-15(11-22(29)30)8-16-5-1-2-7-18(16)25/h1-7,9,12,15H,8,10-11,13H2,(H,29,30)(H,31,32)/t15-/m0/s1. The summed E-state index contributed by atoms with van der Waals surface area (Å²) in [6.45, 7) is 0.119. The number of hydrogen-bond acceptors (Lipinski definition) is 4. The van der Waals surface area contributed by atoms with Gasteiger partial charge < -0.3 is 10.2 Å². The summed E-state index contributed by atoms with van der Waals surface area (Å²) >= 11 is 12.2. The van der Waals surface area contributed by atoms with Crippen LogP contribution in [0.25, 0.3) is 0 Å². The Labute approximate surface area is 194 Å². The number of rotatable bonds is 10. The quantitative estimate of drug-likeness (QED) is 0.406. The fourth-order valence-electron chi connectivity index (χ4n) is 3.46. The van der Waals surface area contributed by atoms with Gasteiger partial charge >= 0.3 is 11.9 Å². The molecule has 0 saturated carbocycles. The van der Waals surface area contributed by atoms with E-state index in [4.69, 9.17) is 23.2 Å². The minimum atomic E-state index is -1.23. The van der Waals surface area contributed by atoms with E-state index < -0.39 is 23.6 Å². The van der Waals surface area contributed by atoms with E-state index in [1.54, 1.807) is 48.5 Å². The Bertz CT molecular complexity index is 1160. The van der Waals surface area contributed by atoms with Crippen LogP contribution in [0.4, 0.5) is 0 Å². The predicted molar refractivity (Wildman–Crippen MR) is 120 cm³/mol. The highest BCUT2D eigenvalue weighted by Crippen LogP contribution is 2.24. The number of carbonyl (C=O) groups excluding carboxylic acids is 1. The molecule has 2 aromatic carbocycles. The molecule has 0 radical (unpaired) electrons. The van der Waals surface area contributed by atoms with Crippen molar-refractivity contribution in [1.82, 2.24) is 9.78 Å². The van der Waals surface area contributed by atoms with Gasteiger partial charge in [-0.05, 0) is 41.7 Å². The normalized spacial score (nSPS) is 11.8. The maximum absolute atomic E-state index is 12.9. The molecule has 3 rings (SSSR count). The van der Waals surface area contributed by atoms with Gasteiger partial charge in [0.05, 0.1) is 6.54 Å². The van der Waals surface area contributed by atoms with Crippen LogP contribution in [-0.2, 0) is 17.8 Å². The van der Waals surface area contributed by atoms with Crippen LogP contribution < -0.4 is 0 Å². The van der Waals surface area contributed by atoms with E-state index in [0.29, 0.717) is 16.5 Å². The molecule has 32 heavy (non-hydrogen) atoms. The third-order valence-corrected chi connectivity index (χ3v) is 5.51. The number of carboxylic acid groups (broad SMARTS) is 2. The van der Waals surface area contributed by atoms with Crippen LogP contribution in [0.15, 0.2) is 54.6 Å². The molecule has 0 spiro atoms. The molecule has 166 valence electrons.